The summed E-state index contributed by atoms with van der Waals surface area (Å²) in [6.07, 6.45) is 0. The Balaban J connectivity index is 1.45. The molecule has 0 atom stereocenters. The first-order valence-corrected chi connectivity index (χ1v) is 14.5. The third kappa shape index (κ3) is 3.27. The molecule has 0 fully saturated rings. The van der Waals surface area contributed by atoms with Crippen molar-refractivity contribution < 1.29 is 0 Å². The van der Waals surface area contributed by atoms with E-state index in [2.05, 4.69) is 167 Å². The van der Waals surface area contributed by atoms with Gasteiger partial charge < -0.3 is 9.13 Å². The van der Waals surface area contributed by atoms with Crippen LogP contribution in [-0.2, 0) is 0 Å². The summed E-state index contributed by atoms with van der Waals surface area (Å²) in [5.41, 5.74) is 9.68. The van der Waals surface area contributed by atoms with Gasteiger partial charge in [-0.3, -0.25) is 0 Å². The summed E-state index contributed by atoms with van der Waals surface area (Å²) in [7, 11) is 0. The first kappa shape index (κ1) is 23.1. The predicted molar refractivity (Wildman–Crippen MR) is 178 cm³/mol. The van der Waals surface area contributed by atoms with E-state index in [9.17, 15) is 0 Å². The van der Waals surface area contributed by atoms with E-state index in [1.807, 2.05) is 0 Å². The molecule has 2 heterocycles. The smallest absolute Gasteiger partial charge is 0.0641 e. The first-order chi connectivity index (χ1) is 20.9. The molecule has 2 nitrogen and oxygen atoms in total. The van der Waals surface area contributed by atoms with Crippen molar-refractivity contribution in [1.29, 1.82) is 0 Å². The van der Waals surface area contributed by atoms with E-state index >= 15 is 0 Å². The number of hydrogen-bond donors (Lipinski definition) is 0. The molecular formula is C40H26N2. The second-order valence-corrected chi connectivity index (χ2v) is 11.0. The molecule has 0 aliphatic heterocycles. The number of fused-ring (bicyclic) bond motifs is 8. The summed E-state index contributed by atoms with van der Waals surface area (Å²) in [4.78, 5) is 0. The van der Waals surface area contributed by atoms with Crippen molar-refractivity contribution in [3.8, 4) is 22.5 Å². The average Bonchev–Trinajstić information content (AvgIpc) is 3.58. The molecule has 196 valence electrons. The van der Waals surface area contributed by atoms with Crippen LogP contribution in [0.5, 0.6) is 0 Å². The van der Waals surface area contributed by atoms with Gasteiger partial charge >= 0.3 is 0 Å². The molecule has 0 aliphatic carbocycles. The summed E-state index contributed by atoms with van der Waals surface area (Å²) < 4.78 is 4.92. The second-order valence-electron chi connectivity index (χ2n) is 11.0. The molecule has 0 N–H and O–H groups in total. The molecule has 0 saturated carbocycles. The first-order valence-electron chi connectivity index (χ1n) is 14.5. The van der Waals surface area contributed by atoms with E-state index in [1.54, 1.807) is 0 Å². The maximum absolute atomic E-state index is 2.49. The summed E-state index contributed by atoms with van der Waals surface area (Å²) in [5, 5.41) is 7.56. The van der Waals surface area contributed by atoms with Gasteiger partial charge in [0.15, 0.2) is 0 Å². The van der Waals surface area contributed by atoms with Crippen LogP contribution < -0.4 is 0 Å². The number of hydrogen-bond acceptors (Lipinski definition) is 0. The highest BCUT2D eigenvalue weighted by Gasteiger charge is 2.21. The normalized spacial score (nSPS) is 11.8. The Kier molecular flexibility index (Phi) is 4.93. The van der Waals surface area contributed by atoms with Crippen molar-refractivity contribution in [2.45, 2.75) is 0 Å². The monoisotopic (exact) mass is 534 g/mol. The topological polar surface area (TPSA) is 9.86 Å². The zero-order chi connectivity index (χ0) is 27.6. The minimum Gasteiger partial charge on any atom is -0.309 e. The van der Waals surface area contributed by atoms with Gasteiger partial charge in [-0.1, -0.05) is 121 Å². The lowest BCUT2D eigenvalue weighted by Gasteiger charge is -2.13. The summed E-state index contributed by atoms with van der Waals surface area (Å²) >= 11 is 0. The van der Waals surface area contributed by atoms with Gasteiger partial charge in [0.1, 0.15) is 0 Å². The minimum atomic E-state index is 1.16. The van der Waals surface area contributed by atoms with E-state index in [0.29, 0.717) is 0 Å². The van der Waals surface area contributed by atoms with Crippen molar-refractivity contribution in [3.63, 3.8) is 0 Å². The number of aromatic nitrogens is 2. The molecule has 0 amide bonds. The molecule has 2 aromatic heterocycles. The van der Waals surface area contributed by atoms with E-state index in [4.69, 9.17) is 0 Å². The number of para-hydroxylation sites is 2. The Morgan fingerprint density at radius 1 is 0.357 bits per heavy atom. The zero-order valence-electron chi connectivity index (χ0n) is 22.9. The van der Waals surface area contributed by atoms with Gasteiger partial charge in [-0.25, -0.2) is 0 Å². The van der Waals surface area contributed by atoms with Gasteiger partial charge in [0, 0.05) is 32.6 Å². The predicted octanol–water partition coefficient (Wildman–Crippen LogP) is 10.7. The van der Waals surface area contributed by atoms with Crippen molar-refractivity contribution in [1.82, 2.24) is 9.13 Å². The Labute approximate surface area is 243 Å². The Morgan fingerprint density at radius 3 is 1.86 bits per heavy atom. The number of benzene rings is 7. The molecule has 7 aromatic carbocycles. The third-order valence-corrected chi connectivity index (χ3v) is 8.69. The Bertz CT molecular complexity index is 2450. The zero-order valence-corrected chi connectivity index (χ0v) is 22.9. The number of rotatable bonds is 3. The third-order valence-electron chi connectivity index (χ3n) is 8.69. The molecule has 0 spiro atoms. The van der Waals surface area contributed by atoms with Crippen LogP contribution in [0.4, 0.5) is 0 Å². The van der Waals surface area contributed by atoms with Gasteiger partial charge in [-0.15, -0.1) is 0 Å². The fraction of sp³-hybridized carbons (Fsp3) is 0. The molecule has 0 radical (unpaired) electrons. The van der Waals surface area contributed by atoms with Gasteiger partial charge in [-0.05, 0) is 52.9 Å². The SMILES string of the molecule is c1ccc(-c2cccc(-n3c4ccccc4c4c3ccc3c5ccccc5n(-c5cccc6ccccc56)c34)c2)cc1. The summed E-state index contributed by atoms with van der Waals surface area (Å²) in [6, 6.07) is 57.2. The number of nitrogens with zero attached hydrogens (tertiary/aromatic N) is 2. The molecule has 0 unspecified atom stereocenters. The molecule has 2 heteroatoms. The van der Waals surface area contributed by atoms with Crippen LogP contribution >= 0.6 is 0 Å². The van der Waals surface area contributed by atoms with Crippen LogP contribution in [-0.4, -0.2) is 9.13 Å². The van der Waals surface area contributed by atoms with Crippen molar-refractivity contribution >= 4 is 54.4 Å². The van der Waals surface area contributed by atoms with E-state index in [1.165, 1.54) is 71.2 Å². The average molecular weight is 535 g/mol. The summed E-state index contributed by atoms with van der Waals surface area (Å²) in [5.74, 6) is 0. The lowest BCUT2D eigenvalue weighted by molar-refractivity contribution is 1.18. The highest BCUT2D eigenvalue weighted by Crippen LogP contribution is 2.43. The van der Waals surface area contributed by atoms with Crippen molar-refractivity contribution in [2.24, 2.45) is 0 Å². The fourth-order valence-electron chi connectivity index (χ4n) is 6.90. The molecular weight excluding hydrogens is 508 g/mol. The van der Waals surface area contributed by atoms with Crippen LogP contribution in [0.15, 0.2) is 158 Å². The Hall–Kier alpha value is -5.60. The lowest BCUT2D eigenvalue weighted by Crippen LogP contribution is -1.96. The summed E-state index contributed by atoms with van der Waals surface area (Å²) in [6.45, 7) is 0. The van der Waals surface area contributed by atoms with Gasteiger partial charge in [-0.2, -0.15) is 0 Å². The van der Waals surface area contributed by atoms with Crippen LogP contribution in [0.3, 0.4) is 0 Å². The molecule has 9 aromatic rings. The van der Waals surface area contributed by atoms with E-state index < -0.39 is 0 Å². The highest BCUT2D eigenvalue weighted by molar-refractivity contribution is 6.26. The van der Waals surface area contributed by atoms with Crippen LogP contribution in [0.2, 0.25) is 0 Å². The van der Waals surface area contributed by atoms with Crippen LogP contribution in [0.25, 0.3) is 76.9 Å². The standard InChI is InChI=1S/C40H26N2/c1-2-12-27(13-3-1)29-16-10-17-30(26-29)41-37-22-9-7-20-34(37)39-38(41)25-24-33-32-19-6-8-21-36(32)42(40(33)39)35-23-11-15-28-14-4-5-18-31(28)35/h1-26H. The Morgan fingerprint density at radius 2 is 1.00 bits per heavy atom. The lowest BCUT2D eigenvalue weighted by atomic mass is 10.1. The molecule has 42 heavy (non-hydrogen) atoms. The van der Waals surface area contributed by atoms with Crippen LogP contribution in [0.1, 0.15) is 0 Å². The fourth-order valence-corrected chi connectivity index (χ4v) is 6.90. The largest absolute Gasteiger partial charge is 0.309 e. The van der Waals surface area contributed by atoms with Gasteiger partial charge in [0.05, 0.1) is 27.8 Å². The van der Waals surface area contributed by atoms with Crippen LogP contribution in [0, 0.1) is 0 Å². The molecule has 0 saturated heterocycles. The molecule has 9 rings (SSSR count). The van der Waals surface area contributed by atoms with Gasteiger partial charge in [0.2, 0.25) is 0 Å². The maximum Gasteiger partial charge on any atom is 0.0641 e. The minimum absolute atomic E-state index is 1.16. The van der Waals surface area contributed by atoms with Crippen molar-refractivity contribution in [2.75, 3.05) is 0 Å². The highest BCUT2D eigenvalue weighted by atomic mass is 15.0. The maximum atomic E-state index is 2.49. The van der Waals surface area contributed by atoms with Crippen molar-refractivity contribution in [3.05, 3.63) is 158 Å². The quantitative estimate of drug-likeness (QED) is 0.213. The van der Waals surface area contributed by atoms with Gasteiger partial charge in [0.25, 0.3) is 0 Å². The second kappa shape index (κ2) is 8.95. The van der Waals surface area contributed by atoms with E-state index in [0.717, 1.165) is 5.69 Å². The molecule has 0 aliphatic rings. The molecule has 0 bridgehead atoms. The van der Waals surface area contributed by atoms with E-state index in [-0.39, 0.29) is 0 Å².